The normalized spacial score (nSPS) is 25.8. The molecule has 3 unspecified atom stereocenters. The summed E-state index contributed by atoms with van der Waals surface area (Å²) in [5, 5.41) is 0. The molecule has 1 aromatic rings. The molecule has 1 heterocycles. The Labute approximate surface area is 97.8 Å². The Bertz CT molecular complexity index is 361. The Morgan fingerprint density at radius 3 is 2.94 bits per heavy atom. The van der Waals surface area contributed by atoms with E-state index in [4.69, 9.17) is 10.5 Å². The van der Waals surface area contributed by atoms with Crippen LogP contribution in [0.25, 0.3) is 0 Å². The van der Waals surface area contributed by atoms with E-state index < -0.39 is 0 Å². The van der Waals surface area contributed by atoms with Crippen molar-refractivity contribution >= 4 is 0 Å². The summed E-state index contributed by atoms with van der Waals surface area (Å²) in [6.07, 6.45) is 1.13. The first-order valence-electron chi connectivity index (χ1n) is 6.16. The lowest BCUT2D eigenvalue weighted by Crippen LogP contribution is -2.30. The zero-order valence-corrected chi connectivity index (χ0v) is 10.4. The molecule has 88 valence electrons. The first-order valence-corrected chi connectivity index (χ1v) is 6.16. The van der Waals surface area contributed by atoms with Crippen molar-refractivity contribution in [2.24, 2.45) is 11.7 Å². The smallest absolute Gasteiger partial charge is 0.127 e. The maximum atomic E-state index is 6.22. The third kappa shape index (κ3) is 1.82. The standard InChI is InChI=1S/C14H21NO/c1-4-9(2)11-6-5-7-12-13(15)10(3)8-16-14(11)12/h5-7,9-10,13H,4,8,15H2,1-3H3. The first-order chi connectivity index (χ1) is 7.65. The van der Waals surface area contributed by atoms with E-state index in [0.29, 0.717) is 11.8 Å². The Morgan fingerprint density at radius 2 is 2.25 bits per heavy atom. The van der Waals surface area contributed by atoms with Crippen LogP contribution in [-0.2, 0) is 0 Å². The van der Waals surface area contributed by atoms with Gasteiger partial charge in [-0.15, -0.1) is 0 Å². The predicted octanol–water partition coefficient (Wildman–Crippen LogP) is 3.23. The zero-order valence-electron chi connectivity index (χ0n) is 10.4. The lowest BCUT2D eigenvalue weighted by molar-refractivity contribution is 0.204. The van der Waals surface area contributed by atoms with Crippen molar-refractivity contribution in [1.29, 1.82) is 0 Å². The highest BCUT2D eigenvalue weighted by Gasteiger charge is 2.27. The molecule has 0 aliphatic carbocycles. The van der Waals surface area contributed by atoms with Crippen LogP contribution in [0.1, 0.15) is 50.3 Å². The monoisotopic (exact) mass is 219 g/mol. The van der Waals surface area contributed by atoms with Gasteiger partial charge in [0.2, 0.25) is 0 Å². The topological polar surface area (TPSA) is 35.2 Å². The molecule has 1 aliphatic heterocycles. The molecule has 3 atom stereocenters. The molecule has 2 nitrogen and oxygen atoms in total. The van der Waals surface area contributed by atoms with Crippen molar-refractivity contribution in [2.75, 3.05) is 6.61 Å². The average molecular weight is 219 g/mol. The van der Waals surface area contributed by atoms with Gasteiger partial charge in [0.05, 0.1) is 6.61 Å². The van der Waals surface area contributed by atoms with Gasteiger partial charge in [-0.05, 0) is 17.9 Å². The summed E-state index contributed by atoms with van der Waals surface area (Å²) in [4.78, 5) is 0. The maximum Gasteiger partial charge on any atom is 0.127 e. The lowest BCUT2D eigenvalue weighted by atomic mass is 9.88. The molecule has 2 N–H and O–H groups in total. The third-order valence-electron chi connectivity index (χ3n) is 3.68. The van der Waals surface area contributed by atoms with Crippen LogP contribution in [0.5, 0.6) is 5.75 Å². The minimum Gasteiger partial charge on any atom is -0.493 e. The van der Waals surface area contributed by atoms with Crippen molar-refractivity contribution in [3.63, 3.8) is 0 Å². The van der Waals surface area contributed by atoms with Crippen LogP contribution < -0.4 is 10.5 Å². The number of para-hydroxylation sites is 1. The van der Waals surface area contributed by atoms with Gasteiger partial charge in [0.1, 0.15) is 5.75 Å². The van der Waals surface area contributed by atoms with Gasteiger partial charge in [0, 0.05) is 17.5 Å². The van der Waals surface area contributed by atoms with Crippen molar-refractivity contribution < 1.29 is 4.74 Å². The Morgan fingerprint density at radius 1 is 1.50 bits per heavy atom. The van der Waals surface area contributed by atoms with Gasteiger partial charge in [0.15, 0.2) is 0 Å². The SMILES string of the molecule is CCC(C)c1cccc2c1OCC(C)C2N. The molecular weight excluding hydrogens is 198 g/mol. The summed E-state index contributed by atoms with van der Waals surface area (Å²) in [6, 6.07) is 6.48. The van der Waals surface area contributed by atoms with Crippen molar-refractivity contribution in [1.82, 2.24) is 0 Å². The third-order valence-corrected chi connectivity index (χ3v) is 3.68. The van der Waals surface area contributed by atoms with Crippen LogP contribution in [0.3, 0.4) is 0 Å². The zero-order chi connectivity index (χ0) is 11.7. The van der Waals surface area contributed by atoms with E-state index in [0.717, 1.165) is 18.8 Å². The molecule has 1 aromatic carbocycles. The molecule has 0 bridgehead atoms. The molecular formula is C14H21NO. The molecule has 0 saturated carbocycles. The Hall–Kier alpha value is -1.02. The van der Waals surface area contributed by atoms with Gasteiger partial charge in [-0.25, -0.2) is 0 Å². The molecule has 0 radical (unpaired) electrons. The summed E-state index contributed by atoms with van der Waals surface area (Å²) < 4.78 is 5.88. The lowest BCUT2D eigenvalue weighted by Gasteiger charge is -2.31. The number of rotatable bonds is 2. The van der Waals surface area contributed by atoms with E-state index >= 15 is 0 Å². The minimum absolute atomic E-state index is 0.118. The van der Waals surface area contributed by atoms with Gasteiger partial charge in [0.25, 0.3) is 0 Å². The van der Waals surface area contributed by atoms with Crippen molar-refractivity contribution in [3.8, 4) is 5.75 Å². The number of ether oxygens (including phenoxy) is 1. The van der Waals surface area contributed by atoms with E-state index in [9.17, 15) is 0 Å². The molecule has 2 heteroatoms. The molecule has 16 heavy (non-hydrogen) atoms. The number of hydrogen-bond donors (Lipinski definition) is 1. The highest BCUT2D eigenvalue weighted by atomic mass is 16.5. The van der Waals surface area contributed by atoms with E-state index in [1.165, 1.54) is 11.1 Å². The van der Waals surface area contributed by atoms with Crippen LogP contribution >= 0.6 is 0 Å². The van der Waals surface area contributed by atoms with Crippen LogP contribution in [0.2, 0.25) is 0 Å². The summed E-state index contributed by atoms with van der Waals surface area (Å²) in [6.45, 7) is 7.32. The van der Waals surface area contributed by atoms with E-state index in [1.807, 2.05) is 0 Å². The molecule has 1 aliphatic rings. The second kappa shape index (κ2) is 4.46. The van der Waals surface area contributed by atoms with E-state index in [-0.39, 0.29) is 6.04 Å². The molecule has 0 aromatic heterocycles. The van der Waals surface area contributed by atoms with Gasteiger partial charge < -0.3 is 10.5 Å². The fourth-order valence-corrected chi connectivity index (χ4v) is 2.24. The second-order valence-corrected chi connectivity index (χ2v) is 4.89. The number of hydrogen-bond acceptors (Lipinski definition) is 2. The van der Waals surface area contributed by atoms with Crippen LogP contribution in [-0.4, -0.2) is 6.61 Å². The Balaban J connectivity index is 2.44. The molecule has 2 rings (SSSR count). The molecule has 0 spiro atoms. The number of benzene rings is 1. The summed E-state index contributed by atoms with van der Waals surface area (Å²) >= 11 is 0. The van der Waals surface area contributed by atoms with E-state index in [1.54, 1.807) is 0 Å². The van der Waals surface area contributed by atoms with Gasteiger partial charge in [-0.3, -0.25) is 0 Å². The van der Waals surface area contributed by atoms with Crippen LogP contribution in [0.15, 0.2) is 18.2 Å². The average Bonchev–Trinajstić information content (AvgIpc) is 2.32. The second-order valence-electron chi connectivity index (χ2n) is 4.89. The van der Waals surface area contributed by atoms with Gasteiger partial charge in [-0.1, -0.05) is 39.0 Å². The van der Waals surface area contributed by atoms with E-state index in [2.05, 4.69) is 39.0 Å². The van der Waals surface area contributed by atoms with Crippen molar-refractivity contribution in [3.05, 3.63) is 29.3 Å². The summed E-state index contributed by atoms with van der Waals surface area (Å²) in [5.41, 5.74) is 8.71. The fraction of sp³-hybridized carbons (Fsp3) is 0.571. The van der Waals surface area contributed by atoms with Crippen LogP contribution in [0, 0.1) is 5.92 Å². The number of nitrogens with two attached hydrogens (primary N) is 1. The Kier molecular flexibility index (Phi) is 3.20. The largest absolute Gasteiger partial charge is 0.493 e. The maximum absolute atomic E-state index is 6.22. The minimum atomic E-state index is 0.118. The van der Waals surface area contributed by atoms with Crippen molar-refractivity contribution in [2.45, 2.75) is 39.2 Å². The quantitative estimate of drug-likeness (QED) is 0.828. The molecule has 0 amide bonds. The first kappa shape index (κ1) is 11.5. The highest BCUT2D eigenvalue weighted by molar-refractivity contribution is 5.46. The molecule has 0 saturated heterocycles. The van der Waals surface area contributed by atoms with Gasteiger partial charge >= 0.3 is 0 Å². The van der Waals surface area contributed by atoms with Crippen LogP contribution in [0.4, 0.5) is 0 Å². The van der Waals surface area contributed by atoms with Gasteiger partial charge in [-0.2, -0.15) is 0 Å². The number of fused-ring (bicyclic) bond motifs is 1. The predicted molar refractivity (Wildman–Crippen MR) is 66.7 cm³/mol. The molecule has 0 fully saturated rings. The summed E-state index contributed by atoms with van der Waals surface area (Å²) in [7, 11) is 0. The highest BCUT2D eigenvalue weighted by Crippen LogP contribution is 2.39. The fourth-order valence-electron chi connectivity index (χ4n) is 2.24. The summed E-state index contributed by atoms with van der Waals surface area (Å²) in [5.74, 6) is 1.98.